The Morgan fingerprint density at radius 2 is 1.94 bits per heavy atom. The first-order valence-electron chi connectivity index (χ1n) is 8.73. The summed E-state index contributed by atoms with van der Waals surface area (Å²) in [5.41, 5.74) is 5.22. The van der Waals surface area contributed by atoms with Crippen molar-refractivity contribution in [2.24, 2.45) is 15.2 Å². The van der Waals surface area contributed by atoms with E-state index in [4.69, 9.17) is 22.6 Å². The number of benzene rings is 2. The Morgan fingerprint density at radius 3 is 2.48 bits per heavy atom. The average molecular weight is 497 g/mol. The number of ether oxygens (including phenoxy) is 1. The fourth-order valence-corrected chi connectivity index (χ4v) is 3.71. The fourth-order valence-electron chi connectivity index (χ4n) is 2.49. The van der Waals surface area contributed by atoms with Gasteiger partial charge in [0.2, 0.25) is 0 Å². The second-order valence-electron chi connectivity index (χ2n) is 6.08. The van der Waals surface area contributed by atoms with Gasteiger partial charge in [-0.05, 0) is 42.5 Å². The lowest BCUT2D eigenvalue weighted by Gasteiger charge is -2.20. The molecule has 3 amide bonds. The van der Waals surface area contributed by atoms with Crippen LogP contribution < -0.4 is 20.8 Å². The van der Waals surface area contributed by atoms with Crippen molar-refractivity contribution in [1.29, 1.82) is 5.26 Å². The molecule has 3 rings (SSSR count). The van der Waals surface area contributed by atoms with Crippen LogP contribution >= 0.6 is 11.6 Å². The lowest BCUT2D eigenvalue weighted by atomic mass is 10.1. The standard InChI is InChI=1S/C19H12ClF3N6O3S/c20-17-26-7-8-33(17)28-29(12-3-1-11(10-24)2-4-12)18(31)27-15-6-5-13(32-19(21,22)23)9-14(15)16(25)30/h1-9H,(H2,25,30)(H,27,31). The van der Waals surface area contributed by atoms with Crippen molar-refractivity contribution in [3.05, 3.63) is 65.2 Å². The summed E-state index contributed by atoms with van der Waals surface area (Å²) < 4.78 is 45.6. The molecule has 0 saturated carbocycles. The summed E-state index contributed by atoms with van der Waals surface area (Å²) in [4.78, 5) is 28.7. The van der Waals surface area contributed by atoms with E-state index in [1.54, 1.807) is 5.41 Å². The number of primary amides is 1. The van der Waals surface area contributed by atoms with Crippen LogP contribution in [0.5, 0.6) is 5.75 Å². The summed E-state index contributed by atoms with van der Waals surface area (Å²) in [5, 5.41) is 13.8. The number of anilines is 2. The predicted molar refractivity (Wildman–Crippen MR) is 117 cm³/mol. The second kappa shape index (κ2) is 9.72. The number of hydrogen-bond acceptors (Lipinski definition) is 6. The Kier molecular flexibility index (Phi) is 7.00. The summed E-state index contributed by atoms with van der Waals surface area (Å²) in [7, 11) is -1.09. The first kappa shape index (κ1) is 23.8. The molecule has 0 aliphatic carbocycles. The molecule has 1 aliphatic rings. The number of nitriles is 1. The quantitative estimate of drug-likeness (QED) is 0.594. The van der Waals surface area contributed by atoms with E-state index in [0.29, 0.717) is 5.56 Å². The zero-order valence-electron chi connectivity index (χ0n) is 16.2. The average Bonchev–Trinajstić information content (AvgIpc) is 3.16. The molecule has 1 aliphatic heterocycles. The number of hydrogen-bond donors (Lipinski definition) is 2. The van der Waals surface area contributed by atoms with Crippen LogP contribution in [0.15, 0.2) is 63.5 Å². The van der Waals surface area contributed by atoms with Gasteiger partial charge in [0.25, 0.3) is 5.91 Å². The SMILES string of the molecule is N#Cc1ccc(N(/N=S2\C=CN=C2Cl)C(=O)Nc2ccc(OC(F)(F)F)cc2C(N)=O)cc1. The number of aliphatic imine (C=N–C) groups is 1. The first-order chi connectivity index (χ1) is 15.6. The van der Waals surface area contributed by atoms with Crippen LogP contribution in [0.3, 0.4) is 0 Å². The van der Waals surface area contributed by atoms with E-state index >= 15 is 0 Å². The van der Waals surface area contributed by atoms with Crippen LogP contribution in [0.4, 0.5) is 29.3 Å². The highest BCUT2D eigenvalue weighted by Crippen LogP contribution is 2.28. The van der Waals surface area contributed by atoms with Gasteiger partial charge in [-0.15, -0.1) is 17.6 Å². The minimum atomic E-state index is -4.98. The van der Waals surface area contributed by atoms with Crippen molar-refractivity contribution in [3.63, 3.8) is 0 Å². The number of nitrogens with two attached hydrogens (primary N) is 1. The minimum absolute atomic E-state index is 0.118. The molecule has 3 N–H and O–H groups in total. The van der Waals surface area contributed by atoms with Crippen LogP contribution in [0.1, 0.15) is 15.9 Å². The molecule has 1 atom stereocenters. The van der Waals surface area contributed by atoms with Crippen molar-refractivity contribution in [3.8, 4) is 11.8 Å². The third-order valence-electron chi connectivity index (χ3n) is 3.87. The third kappa shape index (κ3) is 6.09. The molecule has 9 nitrogen and oxygen atoms in total. The molecule has 0 radical (unpaired) electrons. The maximum absolute atomic E-state index is 13.0. The Balaban J connectivity index is 1.96. The highest BCUT2D eigenvalue weighted by molar-refractivity contribution is 8.08. The molecule has 0 bridgehead atoms. The molecule has 2 aromatic rings. The topological polar surface area (TPSA) is 133 Å². The number of halogens is 4. The normalized spacial score (nSPS) is 15.0. The molecule has 170 valence electrons. The zero-order chi connectivity index (χ0) is 24.2. The van der Waals surface area contributed by atoms with Gasteiger partial charge in [-0.2, -0.15) is 10.3 Å². The van der Waals surface area contributed by atoms with Crippen molar-refractivity contribution < 1.29 is 27.5 Å². The Hall–Kier alpha value is -3.89. The molecular weight excluding hydrogens is 485 g/mol. The Labute approximate surface area is 192 Å². The van der Waals surface area contributed by atoms with Crippen molar-refractivity contribution >= 4 is 50.1 Å². The molecule has 1 heterocycles. The van der Waals surface area contributed by atoms with Gasteiger partial charge >= 0.3 is 12.4 Å². The molecule has 33 heavy (non-hydrogen) atoms. The van der Waals surface area contributed by atoms with Crippen LogP contribution in [0, 0.1) is 11.3 Å². The summed E-state index contributed by atoms with van der Waals surface area (Å²) in [6.45, 7) is 0. The number of nitrogens with zero attached hydrogens (tertiary/aromatic N) is 4. The van der Waals surface area contributed by atoms with E-state index in [0.717, 1.165) is 23.2 Å². The van der Waals surface area contributed by atoms with Gasteiger partial charge in [0.15, 0.2) is 4.50 Å². The molecule has 14 heteroatoms. The van der Waals surface area contributed by atoms with Gasteiger partial charge in [0, 0.05) is 22.3 Å². The van der Waals surface area contributed by atoms with E-state index < -0.39 is 40.3 Å². The van der Waals surface area contributed by atoms with Gasteiger partial charge in [0.05, 0.1) is 28.6 Å². The van der Waals surface area contributed by atoms with E-state index in [1.165, 1.54) is 30.5 Å². The Morgan fingerprint density at radius 1 is 1.24 bits per heavy atom. The largest absolute Gasteiger partial charge is 0.573 e. The number of alkyl halides is 3. The van der Waals surface area contributed by atoms with Crippen molar-refractivity contribution in [2.45, 2.75) is 6.36 Å². The maximum atomic E-state index is 13.0. The number of urea groups is 1. The number of amides is 3. The lowest BCUT2D eigenvalue weighted by Crippen LogP contribution is -2.32. The van der Waals surface area contributed by atoms with Crippen LogP contribution in [-0.2, 0) is 10.7 Å². The first-order valence-corrected chi connectivity index (χ1v) is 10.4. The van der Waals surface area contributed by atoms with Gasteiger partial charge in [-0.25, -0.2) is 9.79 Å². The molecule has 0 fully saturated rings. The van der Waals surface area contributed by atoms with E-state index in [1.807, 2.05) is 6.07 Å². The summed E-state index contributed by atoms with van der Waals surface area (Å²) in [5.74, 6) is -1.79. The Bertz CT molecular complexity index is 1240. The molecule has 0 spiro atoms. The zero-order valence-corrected chi connectivity index (χ0v) is 17.8. The van der Waals surface area contributed by atoms with Crippen molar-refractivity contribution in [1.82, 2.24) is 0 Å². The summed E-state index contributed by atoms with van der Waals surface area (Å²) in [6, 6.07) is 9.54. The highest BCUT2D eigenvalue weighted by Gasteiger charge is 2.31. The van der Waals surface area contributed by atoms with Gasteiger partial charge in [-0.1, -0.05) is 11.6 Å². The monoisotopic (exact) mass is 496 g/mol. The van der Waals surface area contributed by atoms with Crippen LogP contribution in [0.25, 0.3) is 0 Å². The second-order valence-corrected chi connectivity index (χ2v) is 8.12. The number of nitrogens with one attached hydrogen (secondary N) is 1. The lowest BCUT2D eigenvalue weighted by molar-refractivity contribution is -0.274. The van der Waals surface area contributed by atoms with Crippen LogP contribution in [-0.4, -0.2) is 22.8 Å². The summed E-state index contributed by atoms with van der Waals surface area (Å²) >= 11 is 6.00. The van der Waals surface area contributed by atoms with Gasteiger partial charge in [0.1, 0.15) is 5.75 Å². The number of carbonyl (C=O) groups excluding carboxylic acids is 2. The van der Waals surface area contributed by atoms with Gasteiger partial charge in [-0.3, -0.25) is 4.79 Å². The molecule has 1 unspecified atom stereocenters. The predicted octanol–water partition coefficient (Wildman–Crippen LogP) is 4.39. The summed E-state index contributed by atoms with van der Waals surface area (Å²) in [6.07, 6.45) is -3.57. The maximum Gasteiger partial charge on any atom is 0.573 e. The smallest absolute Gasteiger partial charge is 0.406 e. The van der Waals surface area contributed by atoms with E-state index in [9.17, 15) is 22.8 Å². The highest BCUT2D eigenvalue weighted by atomic mass is 35.5. The minimum Gasteiger partial charge on any atom is -0.406 e. The number of rotatable bonds is 5. The van der Waals surface area contributed by atoms with Gasteiger partial charge < -0.3 is 15.8 Å². The van der Waals surface area contributed by atoms with E-state index in [-0.39, 0.29) is 15.9 Å². The molecular formula is C19H12ClF3N6O3S. The van der Waals surface area contributed by atoms with Crippen molar-refractivity contribution in [2.75, 3.05) is 10.3 Å². The third-order valence-corrected chi connectivity index (χ3v) is 5.61. The van der Waals surface area contributed by atoms with E-state index in [2.05, 4.69) is 19.5 Å². The molecule has 0 saturated heterocycles. The molecule has 0 aromatic heterocycles. The number of carbonyl (C=O) groups is 2. The molecule has 2 aromatic carbocycles. The van der Waals surface area contributed by atoms with Crippen LogP contribution in [0.2, 0.25) is 0 Å². The fraction of sp³-hybridized carbons (Fsp3) is 0.0526.